The van der Waals surface area contributed by atoms with Crippen LogP contribution >= 0.6 is 22.9 Å². The molecule has 0 spiro atoms. The summed E-state index contributed by atoms with van der Waals surface area (Å²) in [4.78, 5) is 22.9. The maximum atomic E-state index is 13.1. The van der Waals surface area contributed by atoms with Crippen molar-refractivity contribution in [1.29, 1.82) is 0 Å². The number of alkyl halides is 3. The molecule has 1 aliphatic rings. The number of fused-ring (bicyclic) bond motifs is 1. The van der Waals surface area contributed by atoms with Gasteiger partial charge in [0.1, 0.15) is 12.4 Å². The Morgan fingerprint density at radius 2 is 2.03 bits per heavy atom. The summed E-state index contributed by atoms with van der Waals surface area (Å²) < 4.78 is 45.7. The molecular formula is C26H27ClF3N3O4S. The fourth-order valence-corrected chi connectivity index (χ4v) is 5.69. The molecule has 1 fully saturated rings. The van der Waals surface area contributed by atoms with E-state index in [4.69, 9.17) is 26.3 Å². The molecule has 0 amide bonds. The van der Waals surface area contributed by atoms with Gasteiger partial charge in [0.2, 0.25) is 0 Å². The van der Waals surface area contributed by atoms with Gasteiger partial charge in [-0.25, -0.2) is 4.98 Å². The Balaban J connectivity index is 1.43. The predicted octanol–water partition coefficient (Wildman–Crippen LogP) is 6.67. The minimum Gasteiger partial charge on any atom is -0.494 e. The van der Waals surface area contributed by atoms with Gasteiger partial charge < -0.3 is 19.6 Å². The second kappa shape index (κ2) is 11.8. The topological polar surface area (TPSA) is 84.2 Å². The monoisotopic (exact) mass is 569 g/mol. The van der Waals surface area contributed by atoms with Gasteiger partial charge in [-0.2, -0.15) is 13.2 Å². The second-order valence-electron chi connectivity index (χ2n) is 9.14. The van der Waals surface area contributed by atoms with Crippen LogP contribution in [0.2, 0.25) is 5.02 Å². The van der Waals surface area contributed by atoms with Crippen LogP contribution in [0, 0.1) is 5.41 Å². The first-order valence-corrected chi connectivity index (χ1v) is 13.3. The number of aromatic nitrogens is 1. The van der Waals surface area contributed by atoms with E-state index < -0.39 is 17.7 Å². The summed E-state index contributed by atoms with van der Waals surface area (Å²) in [6.45, 7) is 3.93. The largest absolute Gasteiger partial charge is 0.494 e. The number of hydrogen-bond acceptors (Lipinski definition) is 7. The molecule has 204 valence electrons. The van der Waals surface area contributed by atoms with Crippen molar-refractivity contribution in [3.8, 4) is 5.75 Å². The van der Waals surface area contributed by atoms with Crippen molar-refractivity contribution in [1.82, 2.24) is 4.98 Å². The summed E-state index contributed by atoms with van der Waals surface area (Å²) in [5.41, 5.74) is 0.109. The molecule has 1 aliphatic heterocycles. The SMILES string of the molecule is CCO/N=C/C1(CCOc2cc(Cl)cc(CC(=O)O)c2)CCN(c2nc3ccc(C(F)(F)F)cc3s2)CC1. The second-order valence-corrected chi connectivity index (χ2v) is 10.6. The lowest BCUT2D eigenvalue weighted by Crippen LogP contribution is -2.42. The Hall–Kier alpha value is -3.05. The fourth-order valence-electron chi connectivity index (χ4n) is 4.39. The van der Waals surface area contributed by atoms with E-state index in [1.54, 1.807) is 18.2 Å². The molecule has 3 aromatic rings. The molecule has 2 heterocycles. The Bertz CT molecular complexity index is 1310. The van der Waals surface area contributed by atoms with Crippen LogP contribution < -0.4 is 9.64 Å². The average Bonchev–Trinajstić information content (AvgIpc) is 3.27. The van der Waals surface area contributed by atoms with Gasteiger partial charge in [0.25, 0.3) is 0 Å². The van der Waals surface area contributed by atoms with Crippen molar-refractivity contribution in [3.05, 3.63) is 52.5 Å². The number of aliphatic carboxylic acids is 1. The van der Waals surface area contributed by atoms with Crippen molar-refractivity contribution >= 4 is 50.5 Å². The molecule has 0 unspecified atom stereocenters. The van der Waals surface area contributed by atoms with E-state index in [9.17, 15) is 18.0 Å². The van der Waals surface area contributed by atoms with E-state index in [0.717, 1.165) is 25.0 Å². The number of oxime groups is 1. The van der Waals surface area contributed by atoms with Crippen LogP contribution in [0.3, 0.4) is 0 Å². The number of rotatable bonds is 10. The fraction of sp³-hybridized carbons (Fsp3) is 0.423. The lowest BCUT2D eigenvalue weighted by molar-refractivity contribution is -0.138. The first kappa shape index (κ1) is 28.0. The number of ether oxygens (including phenoxy) is 1. The van der Waals surface area contributed by atoms with Crippen LogP contribution in [0.25, 0.3) is 10.2 Å². The van der Waals surface area contributed by atoms with E-state index in [2.05, 4.69) is 15.0 Å². The molecule has 12 heteroatoms. The van der Waals surface area contributed by atoms with E-state index >= 15 is 0 Å². The predicted molar refractivity (Wildman–Crippen MR) is 142 cm³/mol. The smallest absolute Gasteiger partial charge is 0.416 e. The lowest BCUT2D eigenvalue weighted by atomic mass is 9.77. The van der Waals surface area contributed by atoms with E-state index in [1.165, 1.54) is 17.4 Å². The Morgan fingerprint density at radius 1 is 1.26 bits per heavy atom. The normalized spacial score (nSPS) is 15.8. The first-order valence-electron chi connectivity index (χ1n) is 12.1. The van der Waals surface area contributed by atoms with Crippen molar-refractivity contribution in [3.63, 3.8) is 0 Å². The summed E-state index contributed by atoms with van der Waals surface area (Å²) in [6.07, 6.45) is -0.659. The highest BCUT2D eigenvalue weighted by atomic mass is 35.5. The minimum atomic E-state index is -4.39. The Kier molecular flexibility index (Phi) is 8.67. The zero-order chi connectivity index (χ0) is 27.3. The molecule has 2 aromatic carbocycles. The summed E-state index contributed by atoms with van der Waals surface area (Å²) >= 11 is 7.39. The van der Waals surface area contributed by atoms with Gasteiger partial charge in [0, 0.05) is 23.5 Å². The van der Waals surface area contributed by atoms with Crippen LogP contribution in [-0.4, -0.2) is 48.6 Å². The van der Waals surface area contributed by atoms with Gasteiger partial charge in [0.15, 0.2) is 5.13 Å². The van der Waals surface area contributed by atoms with Crippen molar-refractivity contribution < 1.29 is 32.6 Å². The quantitative estimate of drug-likeness (QED) is 0.217. The zero-order valence-corrected chi connectivity index (χ0v) is 22.2. The number of hydrogen-bond donors (Lipinski definition) is 1. The number of carboxylic acids is 1. The molecule has 0 aliphatic carbocycles. The van der Waals surface area contributed by atoms with Crippen LogP contribution in [0.5, 0.6) is 5.75 Å². The third kappa shape index (κ3) is 7.08. The number of carboxylic acid groups (broad SMARTS) is 1. The number of carbonyl (C=O) groups is 1. The lowest BCUT2D eigenvalue weighted by Gasteiger charge is -2.39. The van der Waals surface area contributed by atoms with Crippen molar-refractivity contribution in [2.24, 2.45) is 10.6 Å². The van der Waals surface area contributed by atoms with Gasteiger partial charge in [-0.3, -0.25) is 4.79 Å². The third-order valence-corrected chi connectivity index (χ3v) is 7.72. The zero-order valence-electron chi connectivity index (χ0n) is 20.6. The molecule has 4 rings (SSSR count). The molecule has 0 bridgehead atoms. The molecule has 0 saturated carbocycles. The molecule has 0 radical (unpaired) electrons. The summed E-state index contributed by atoms with van der Waals surface area (Å²) in [6, 6.07) is 8.53. The van der Waals surface area contributed by atoms with Gasteiger partial charge in [-0.15, -0.1) is 0 Å². The highest BCUT2D eigenvalue weighted by molar-refractivity contribution is 7.22. The third-order valence-electron chi connectivity index (χ3n) is 6.42. The minimum absolute atomic E-state index is 0.152. The van der Waals surface area contributed by atoms with E-state index in [-0.39, 0.29) is 11.8 Å². The standard InChI is InChI=1S/C26H27ClF3N3O4S/c1-2-37-31-16-25(7-10-36-20-12-17(13-23(34)35)11-19(27)15-20)5-8-33(9-6-25)24-32-21-4-3-18(26(28,29)30)14-22(21)38-24/h3-4,11-12,14-16H,2,5-10,13H2,1H3,(H,34,35)/b31-16+. The first-order chi connectivity index (χ1) is 18.1. The molecule has 1 aromatic heterocycles. The van der Waals surface area contributed by atoms with Crippen LogP contribution in [0.4, 0.5) is 18.3 Å². The number of piperidine rings is 1. The van der Waals surface area contributed by atoms with Gasteiger partial charge >= 0.3 is 12.1 Å². The Labute approximate surface area is 226 Å². The van der Waals surface area contributed by atoms with Crippen LogP contribution in [0.15, 0.2) is 41.6 Å². The van der Waals surface area contributed by atoms with Crippen molar-refractivity contribution in [2.75, 3.05) is 31.2 Å². The summed E-state index contributed by atoms with van der Waals surface area (Å²) in [7, 11) is 0. The highest BCUT2D eigenvalue weighted by Gasteiger charge is 2.35. The Morgan fingerprint density at radius 3 is 2.71 bits per heavy atom. The van der Waals surface area contributed by atoms with E-state index in [1.807, 2.05) is 13.1 Å². The molecule has 1 saturated heterocycles. The molecule has 0 atom stereocenters. The maximum absolute atomic E-state index is 13.1. The van der Waals surface area contributed by atoms with Gasteiger partial charge in [-0.05, 0) is 68.1 Å². The summed E-state index contributed by atoms with van der Waals surface area (Å²) in [5.74, 6) is -0.458. The number of nitrogens with zero attached hydrogens (tertiary/aromatic N) is 3. The molecule has 7 nitrogen and oxygen atoms in total. The summed E-state index contributed by atoms with van der Waals surface area (Å²) in [5, 5.41) is 14.3. The van der Waals surface area contributed by atoms with Gasteiger partial charge in [0.05, 0.1) is 35.0 Å². The highest BCUT2D eigenvalue weighted by Crippen LogP contribution is 2.39. The molecule has 38 heavy (non-hydrogen) atoms. The van der Waals surface area contributed by atoms with Crippen molar-refractivity contribution in [2.45, 2.75) is 38.8 Å². The number of halogens is 4. The average molecular weight is 570 g/mol. The van der Waals surface area contributed by atoms with Gasteiger partial charge in [-0.1, -0.05) is 28.1 Å². The number of benzene rings is 2. The molecular weight excluding hydrogens is 543 g/mol. The van der Waals surface area contributed by atoms with Crippen LogP contribution in [0.1, 0.15) is 37.3 Å². The van der Waals surface area contributed by atoms with Crippen LogP contribution in [-0.2, 0) is 22.2 Å². The number of anilines is 1. The number of thiazole rings is 1. The maximum Gasteiger partial charge on any atom is 0.416 e. The van der Waals surface area contributed by atoms with E-state index in [0.29, 0.717) is 64.4 Å². The molecule has 1 N–H and O–H groups in total.